The van der Waals surface area contributed by atoms with Crippen LogP contribution in [0, 0.1) is 5.82 Å². The van der Waals surface area contributed by atoms with Gasteiger partial charge in [-0.2, -0.15) is 5.10 Å². The van der Waals surface area contributed by atoms with Crippen molar-refractivity contribution in [2.75, 3.05) is 0 Å². The molecule has 1 atom stereocenters. The summed E-state index contributed by atoms with van der Waals surface area (Å²) in [6, 6.07) is 11.2. The molecule has 3 aromatic rings. The van der Waals surface area contributed by atoms with Gasteiger partial charge in [0.25, 0.3) is 5.91 Å². The maximum Gasteiger partial charge on any atom is 0.254 e. The summed E-state index contributed by atoms with van der Waals surface area (Å²) in [5, 5.41) is 7.07. The minimum absolute atomic E-state index is 0.0366. The number of hydrogen-bond acceptors (Lipinski definition) is 3. The van der Waals surface area contributed by atoms with Gasteiger partial charge in [-0.1, -0.05) is 23.7 Å². The Morgan fingerprint density at radius 2 is 2.00 bits per heavy atom. The predicted molar refractivity (Wildman–Crippen MR) is 88.7 cm³/mol. The molecule has 0 radical (unpaired) electrons. The number of nitrogens with one attached hydrogen (secondary N) is 1. The Kier molecular flexibility index (Phi) is 4.57. The average Bonchev–Trinajstić information content (AvgIpc) is 3.09. The van der Waals surface area contributed by atoms with Crippen LogP contribution in [0.15, 0.2) is 55.1 Å². The van der Waals surface area contributed by atoms with E-state index in [1.54, 1.807) is 11.0 Å². The van der Waals surface area contributed by atoms with Crippen molar-refractivity contribution >= 4 is 17.5 Å². The fourth-order valence-corrected chi connectivity index (χ4v) is 2.45. The van der Waals surface area contributed by atoms with E-state index in [0.717, 1.165) is 17.3 Å². The van der Waals surface area contributed by atoms with Crippen molar-refractivity contribution < 1.29 is 9.18 Å². The van der Waals surface area contributed by atoms with Gasteiger partial charge in [0.05, 0.1) is 17.3 Å². The van der Waals surface area contributed by atoms with Crippen molar-refractivity contribution in [2.45, 2.75) is 13.0 Å². The van der Waals surface area contributed by atoms with Gasteiger partial charge in [-0.25, -0.2) is 14.1 Å². The summed E-state index contributed by atoms with van der Waals surface area (Å²) in [5.41, 5.74) is 1.71. The first-order chi connectivity index (χ1) is 11.5. The highest BCUT2D eigenvalue weighted by Gasteiger charge is 2.15. The fraction of sp³-hybridized carbons (Fsp3) is 0.118. The number of hydrogen-bond donors (Lipinski definition) is 1. The summed E-state index contributed by atoms with van der Waals surface area (Å²) in [5.74, 6) is -1.13. The predicted octanol–water partition coefficient (Wildman–Crippen LogP) is 3.55. The maximum atomic E-state index is 13.8. The second-order valence-electron chi connectivity index (χ2n) is 5.25. The van der Waals surface area contributed by atoms with E-state index < -0.39 is 11.7 Å². The lowest BCUT2D eigenvalue weighted by molar-refractivity contribution is 0.0936. The highest BCUT2D eigenvalue weighted by molar-refractivity contribution is 6.30. The van der Waals surface area contributed by atoms with E-state index in [4.69, 9.17) is 11.6 Å². The average molecular weight is 345 g/mol. The van der Waals surface area contributed by atoms with Crippen LogP contribution in [0.5, 0.6) is 0 Å². The van der Waals surface area contributed by atoms with Crippen LogP contribution in [0.4, 0.5) is 4.39 Å². The molecule has 7 heteroatoms. The second-order valence-corrected chi connectivity index (χ2v) is 5.69. The first-order valence-corrected chi connectivity index (χ1v) is 7.63. The molecule has 1 aromatic heterocycles. The first kappa shape index (κ1) is 16.1. The molecule has 5 nitrogen and oxygen atoms in total. The Bertz CT molecular complexity index is 850. The Labute approximate surface area is 143 Å². The van der Waals surface area contributed by atoms with Crippen molar-refractivity contribution in [3.05, 3.63) is 77.1 Å². The number of halogens is 2. The third kappa shape index (κ3) is 3.44. The summed E-state index contributed by atoms with van der Waals surface area (Å²) in [4.78, 5) is 16.1. The molecule has 122 valence electrons. The molecule has 0 bridgehead atoms. The molecule has 24 heavy (non-hydrogen) atoms. The molecule has 0 aliphatic rings. The highest BCUT2D eigenvalue weighted by atomic mass is 35.5. The molecule has 1 unspecified atom stereocenters. The fourth-order valence-electron chi connectivity index (χ4n) is 2.29. The van der Waals surface area contributed by atoms with Crippen LogP contribution in [-0.4, -0.2) is 20.7 Å². The minimum atomic E-state index is -0.645. The zero-order valence-electron chi connectivity index (χ0n) is 12.8. The summed E-state index contributed by atoms with van der Waals surface area (Å²) in [6.45, 7) is 1.83. The third-order valence-electron chi connectivity index (χ3n) is 3.60. The van der Waals surface area contributed by atoms with Gasteiger partial charge in [0, 0.05) is 5.02 Å². The van der Waals surface area contributed by atoms with E-state index in [2.05, 4.69) is 15.4 Å². The van der Waals surface area contributed by atoms with Gasteiger partial charge in [0.1, 0.15) is 18.5 Å². The molecule has 0 aliphatic heterocycles. The van der Waals surface area contributed by atoms with Crippen LogP contribution in [0.3, 0.4) is 0 Å². The van der Waals surface area contributed by atoms with Crippen LogP contribution in [0.25, 0.3) is 5.69 Å². The number of amides is 1. The van der Waals surface area contributed by atoms with E-state index in [9.17, 15) is 9.18 Å². The molecule has 2 aromatic carbocycles. The van der Waals surface area contributed by atoms with Gasteiger partial charge < -0.3 is 5.32 Å². The Hall–Kier alpha value is -2.73. The first-order valence-electron chi connectivity index (χ1n) is 7.25. The number of aromatic nitrogens is 3. The largest absolute Gasteiger partial charge is 0.345 e. The summed E-state index contributed by atoms with van der Waals surface area (Å²) in [7, 11) is 0. The molecule has 0 spiro atoms. The van der Waals surface area contributed by atoms with E-state index in [0.29, 0.717) is 0 Å². The maximum absolute atomic E-state index is 13.8. The monoisotopic (exact) mass is 344 g/mol. The molecule has 0 saturated carbocycles. The third-order valence-corrected chi connectivity index (χ3v) is 3.83. The molecule has 1 N–H and O–H groups in total. The molecule has 0 saturated heterocycles. The molecule has 1 heterocycles. The lowest BCUT2D eigenvalue weighted by Gasteiger charge is -2.15. The van der Waals surface area contributed by atoms with Gasteiger partial charge in [-0.05, 0) is 42.8 Å². The van der Waals surface area contributed by atoms with Crippen molar-refractivity contribution in [3.63, 3.8) is 0 Å². The Morgan fingerprint density at radius 1 is 1.25 bits per heavy atom. The normalized spacial score (nSPS) is 12.0. The standard InChI is InChI=1S/C17H14ClFN4O/c1-11(22-17(24)15-7-4-13(18)8-16(15)19)12-2-5-14(6-3-12)23-10-20-9-21-23/h2-11H,1H3,(H,22,24). The second kappa shape index (κ2) is 6.80. The van der Waals surface area contributed by atoms with Crippen LogP contribution in [0.1, 0.15) is 28.9 Å². The van der Waals surface area contributed by atoms with Crippen LogP contribution < -0.4 is 5.32 Å². The number of nitrogens with zero attached hydrogens (tertiary/aromatic N) is 3. The quantitative estimate of drug-likeness (QED) is 0.787. The molecule has 0 fully saturated rings. The van der Waals surface area contributed by atoms with Gasteiger partial charge in [0.15, 0.2) is 0 Å². The summed E-state index contributed by atoms with van der Waals surface area (Å²) in [6.07, 6.45) is 3.06. The van der Waals surface area contributed by atoms with E-state index in [1.807, 2.05) is 31.2 Å². The van der Waals surface area contributed by atoms with Crippen molar-refractivity contribution in [3.8, 4) is 5.69 Å². The Balaban J connectivity index is 1.72. The zero-order chi connectivity index (χ0) is 17.1. The smallest absolute Gasteiger partial charge is 0.254 e. The highest BCUT2D eigenvalue weighted by Crippen LogP contribution is 2.18. The summed E-state index contributed by atoms with van der Waals surface area (Å²) >= 11 is 5.70. The molecular weight excluding hydrogens is 331 g/mol. The van der Waals surface area contributed by atoms with Gasteiger partial charge in [-0.3, -0.25) is 4.79 Å². The van der Waals surface area contributed by atoms with Crippen LogP contribution in [0.2, 0.25) is 5.02 Å². The lowest BCUT2D eigenvalue weighted by Crippen LogP contribution is -2.27. The molecule has 1 amide bonds. The Morgan fingerprint density at radius 3 is 2.62 bits per heavy atom. The van der Waals surface area contributed by atoms with E-state index in [-0.39, 0.29) is 16.6 Å². The molecule has 0 aliphatic carbocycles. The number of carbonyl (C=O) groups excluding carboxylic acids is 1. The lowest BCUT2D eigenvalue weighted by atomic mass is 10.1. The number of benzene rings is 2. The zero-order valence-corrected chi connectivity index (χ0v) is 13.5. The molecular formula is C17H14ClFN4O. The van der Waals surface area contributed by atoms with Gasteiger partial charge in [0.2, 0.25) is 0 Å². The topological polar surface area (TPSA) is 59.8 Å². The van der Waals surface area contributed by atoms with Crippen LogP contribution >= 0.6 is 11.6 Å². The van der Waals surface area contributed by atoms with Gasteiger partial charge >= 0.3 is 0 Å². The van der Waals surface area contributed by atoms with E-state index >= 15 is 0 Å². The number of rotatable bonds is 4. The van der Waals surface area contributed by atoms with Gasteiger partial charge in [-0.15, -0.1) is 0 Å². The SMILES string of the molecule is CC(NC(=O)c1ccc(Cl)cc1F)c1ccc(-n2cncn2)cc1. The minimum Gasteiger partial charge on any atom is -0.345 e. The van der Waals surface area contributed by atoms with Crippen molar-refractivity contribution in [1.82, 2.24) is 20.1 Å². The van der Waals surface area contributed by atoms with E-state index in [1.165, 1.54) is 18.5 Å². The van der Waals surface area contributed by atoms with Crippen molar-refractivity contribution in [1.29, 1.82) is 0 Å². The summed E-state index contributed by atoms with van der Waals surface area (Å²) < 4.78 is 15.4. The molecule has 3 rings (SSSR count). The van der Waals surface area contributed by atoms with Crippen LogP contribution in [-0.2, 0) is 0 Å². The van der Waals surface area contributed by atoms with Crippen molar-refractivity contribution in [2.24, 2.45) is 0 Å². The number of carbonyl (C=O) groups is 1.